The van der Waals surface area contributed by atoms with Crippen molar-refractivity contribution >= 4 is 57.2 Å². The first kappa shape index (κ1) is 12.8. The Bertz CT molecular complexity index is 415. The Morgan fingerprint density at radius 1 is 1.33 bits per heavy atom. The van der Waals surface area contributed by atoms with Crippen molar-refractivity contribution in [1.82, 2.24) is 0 Å². The van der Waals surface area contributed by atoms with Gasteiger partial charge in [-0.2, -0.15) is 0 Å². The predicted octanol–water partition coefficient (Wildman–Crippen LogP) is 3.09. The highest BCUT2D eigenvalue weighted by Gasteiger charge is 2.06. The lowest BCUT2D eigenvalue weighted by atomic mass is 10.1. The first-order chi connectivity index (χ1) is 6.91. The summed E-state index contributed by atoms with van der Waals surface area (Å²) in [4.78, 5) is 10.6. The standard InChI is InChI=1S/C10H8I2O3/c1-5(10(14)15)2-6-3-7(11)9(13)8(12)4-6/h2-4,13H,1H3,(H,14,15)/b5-2+. The smallest absolute Gasteiger partial charge is 0.331 e. The summed E-state index contributed by atoms with van der Waals surface area (Å²) in [6, 6.07) is 3.48. The number of aliphatic carboxylic acids is 1. The van der Waals surface area contributed by atoms with E-state index < -0.39 is 5.97 Å². The van der Waals surface area contributed by atoms with Crippen molar-refractivity contribution in [3.05, 3.63) is 30.4 Å². The monoisotopic (exact) mass is 430 g/mol. The number of carboxylic acid groups (broad SMARTS) is 1. The van der Waals surface area contributed by atoms with Gasteiger partial charge in [0.25, 0.3) is 0 Å². The molecular weight excluding hydrogens is 422 g/mol. The number of rotatable bonds is 2. The number of phenols is 1. The zero-order chi connectivity index (χ0) is 11.6. The molecular formula is C10H8I2O3. The molecule has 5 heteroatoms. The molecule has 0 aromatic heterocycles. The van der Waals surface area contributed by atoms with Crippen LogP contribution < -0.4 is 0 Å². The van der Waals surface area contributed by atoms with Gasteiger partial charge in [0.1, 0.15) is 5.75 Å². The molecule has 2 N–H and O–H groups in total. The molecule has 80 valence electrons. The van der Waals surface area contributed by atoms with Crippen molar-refractivity contribution in [2.24, 2.45) is 0 Å². The summed E-state index contributed by atoms with van der Waals surface area (Å²) in [5.41, 5.74) is 1.05. The lowest BCUT2D eigenvalue weighted by molar-refractivity contribution is -0.132. The molecule has 0 atom stereocenters. The van der Waals surface area contributed by atoms with Gasteiger partial charge in [-0.15, -0.1) is 0 Å². The molecule has 0 spiro atoms. The SMILES string of the molecule is C/C(=C\c1cc(I)c(O)c(I)c1)C(=O)O. The van der Waals surface area contributed by atoms with E-state index in [2.05, 4.69) is 0 Å². The first-order valence-corrected chi connectivity index (χ1v) is 6.17. The van der Waals surface area contributed by atoms with Crippen LogP contribution in [-0.4, -0.2) is 16.2 Å². The third-order valence-corrected chi connectivity index (χ3v) is 3.40. The summed E-state index contributed by atoms with van der Waals surface area (Å²) in [5, 5.41) is 18.2. The molecule has 0 amide bonds. The van der Waals surface area contributed by atoms with Gasteiger partial charge in [-0.1, -0.05) is 0 Å². The van der Waals surface area contributed by atoms with Crippen LogP contribution in [0.3, 0.4) is 0 Å². The summed E-state index contributed by atoms with van der Waals surface area (Å²) in [5.74, 6) is -0.700. The van der Waals surface area contributed by atoms with Gasteiger partial charge in [-0.3, -0.25) is 0 Å². The highest BCUT2D eigenvalue weighted by Crippen LogP contribution is 2.28. The number of hydrogen-bond donors (Lipinski definition) is 2. The summed E-state index contributed by atoms with van der Waals surface area (Å²) in [6.45, 7) is 1.54. The van der Waals surface area contributed by atoms with E-state index in [4.69, 9.17) is 5.11 Å². The summed E-state index contributed by atoms with van der Waals surface area (Å²) < 4.78 is 1.42. The van der Waals surface area contributed by atoms with Gasteiger partial charge in [0, 0.05) is 5.57 Å². The second kappa shape index (κ2) is 5.15. The van der Waals surface area contributed by atoms with E-state index in [-0.39, 0.29) is 11.3 Å². The average molecular weight is 430 g/mol. The number of hydrogen-bond acceptors (Lipinski definition) is 2. The number of carbonyl (C=O) groups is 1. The van der Waals surface area contributed by atoms with Crippen molar-refractivity contribution in [1.29, 1.82) is 0 Å². The van der Waals surface area contributed by atoms with Crippen LogP contribution in [0.2, 0.25) is 0 Å². The molecule has 1 aromatic rings. The molecule has 1 rings (SSSR count). The topological polar surface area (TPSA) is 57.5 Å². The molecule has 0 saturated carbocycles. The molecule has 15 heavy (non-hydrogen) atoms. The normalized spacial score (nSPS) is 11.5. The summed E-state index contributed by atoms with van der Waals surface area (Å²) in [7, 11) is 0. The maximum absolute atomic E-state index is 10.6. The number of aromatic hydroxyl groups is 1. The van der Waals surface area contributed by atoms with Crippen molar-refractivity contribution in [3.63, 3.8) is 0 Å². The molecule has 0 fully saturated rings. The van der Waals surface area contributed by atoms with Crippen molar-refractivity contribution in [2.75, 3.05) is 0 Å². The first-order valence-electron chi connectivity index (χ1n) is 4.01. The highest BCUT2D eigenvalue weighted by molar-refractivity contribution is 14.1. The van der Waals surface area contributed by atoms with Gasteiger partial charge in [0.15, 0.2) is 0 Å². The van der Waals surface area contributed by atoms with Gasteiger partial charge >= 0.3 is 5.97 Å². The van der Waals surface area contributed by atoms with Crippen LogP contribution in [0.5, 0.6) is 5.75 Å². The molecule has 3 nitrogen and oxygen atoms in total. The van der Waals surface area contributed by atoms with Gasteiger partial charge in [0.05, 0.1) is 7.14 Å². The fourth-order valence-corrected chi connectivity index (χ4v) is 2.80. The van der Waals surface area contributed by atoms with Gasteiger partial charge in [0.2, 0.25) is 0 Å². The third kappa shape index (κ3) is 3.33. The predicted molar refractivity (Wildman–Crippen MR) is 74.8 cm³/mol. The van der Waals surface area contributed by atoms with Crippen LogP contribution in [0.4, 0.5) is 0 Å². The second-order valence-electron chi connectivity index (χ2n) is 2.97. The van der Waals surface area contributed by atoms with Gasteiger partial charge in [-0.25, -0.2) is 4.79 Å². The van der Waals surface area contributed by atoms with E-state index in [1.807, 2.05) is 45.2 Å². The van der Waals surface area contributed by atoms with Crippen molar-refractivity contribution in [3.8, 4) is 5.75 Å². The minimum absolute atomic E-state index is 0.237. The minimum atomic E-state index is -0.937. The van der Waals surface area contributed by atoms with Crippen molar-refractivity contribution in [2.45, 2.75) is 6.92 Å². The van der Waals surface area contributed by atoms with Crippen LogP contribution in [0.1, 0.15) is 12.5 Å². The summed E-state index contributed by atoms with van der Waals surface area (Å²) >= 11 is 4.02. The van der Waals surface area contributed by atoms with E-state index in [0.717, 1.165) is 5.56 Å². The number of carboxylic acids is 1. The molecule has 0 unspecified atom stereocenters. The largest absolute Gasteiger partial charge is 0.506 e. The van der Waals surface area contributed by atoms with E-state index >= 15 is 0 Å². The van der Waals surface area contributed by atoms with E-state index in [1.165, 1.54) is 6.92 Å². The highest BCUT2D eigenvalue weighted by atomic mass is 127. The molecule has 1 aromatic carbocycles. The van der Waals surface area contributed by atoms with Crippen LogP contribution in [-0.2, 0) is 4.79 Å². The van der Waals surface area contributed by atoms with Crippen LogP contribution in [0, 0.1) is 7.14 Å². The lowest BCUT2D eigenvalue weighted by Crippen LogP contribution is -1.95. The Kier molecular flexibility index (Phi) is 4.38. The minimum Gasteiger partial charge on any atom is -0.506 e. The maximum Gasteiger partial charge on any atom is 0.331 e. The van der Waals surface area contributed by atoms with Gasteiger partial charge < -0.3 is 10.2 Å². The Labute approximate surface area is 114 Å². The Morgan fingerprint density at radius 3 is 2.20 bits per heavy atom. The Balaban J connectivity index is 3.18. The van der Waals surface area contributed by atoms with Crippen molar-refractivity contribution < 1.29 is 15.0 Å². The molecule has 0 radical (unpaired) electrons. The zero-order valence-corrected chi connectivity index (χ0v) is 12.1. The van der Waals surface area contributed by atoms with E-state index in [0.29, 0.717) is 7.14 Å². The fraction of sp³-hybridized carbons (Fsp3) is 0.100. The fourth-order valence-electron chi connectivity index (χ4n) is 0.980. The number of phenolic OH excluding ortho intramolecular Hbond substituents is 1. The third-order valence-electron chi connectivity index (χ3n) is 1.76. The Morgan fingerprint density at radius 2 is 1.80 bits per heavy atom. The Hall–Kier alpha value is -0.310. The van der Waals surface area contributed by atoms with Crippen LogP contribution in [0.25, 0.3) is 6.08 Å². The molecule has 0 aliphatic heterocycles. The van der Waals surface area contributed by atoms with Crippen LogP contribution in [0.15, 0.2) is 17.7 Å². The van der Waals surface area contributed by atoms with E-state index in [9.17, 15) is 9.90 Å². The molecule has 0 aliphatic carbocycles. The second-order valence-corrected chi connectivity index (χ2v) is 5.29. The molecule has 0 saturated heterocycles. The average Bonchev–Trinajstić information content (AvgIpc) is 2.13. The maximum atomic E-state index is 10.6. The zero-order valence-electron chi connectivity index (χ0n) is 7.79. The molecule has 0 bridgehead atoms. The summed E-state index contributed by atoms with van der Waals surface area (Å²) in [6.07, 6.45) is 1.58. The lowest BCUT2D eigenvalue weighted by Gasteiger charge is -2.03. The molecule has 0 aliphatic rings. The van der Waals surface area contributed by atoms with Crippen LogP contribution >= 0.6 is 45.2 Å². The van der Waals surface area contributed by atoms with Gasteiger partial charge in [-0.05, 0) is 75.9 Å². The van der Waals surface area contributed by atoms with E-state index in [1.54, 1.807) is 18.2 Å². The quantitative estimate of drug-likeness (QED) is 0.561. The molecule has 0 heterocycles. The number of halogens is 2. The number of benzene rings is 1.